The highest BCUT2D eigenvalue weighted by molar-refractivity contribution is 6.21. The molecule has 1 aliphatic heterocycles. The summed E-state index contributed by atoms with van der Waals surface area (Å²) in [4.78, 5) is 40.4. The number of hydrogen-bond donors (Lipinski definition) is 1. The molecule has 1 fully saturated rings. The molecule has 6 nitrogen and oxygen atoms in total. The van der Waals surface area contributed by atoms with E-state index < -0.39 is 0 Å². The van der Waals surface area contributed by atoms with Crippen LogP contribution in [0, 0.1) is 11.8 Å². The molecule has 0 aromatic heterocycles. The summed E-state index contributed by atoms with van der Waals surface area (Å²) in [5, 5.41) is 3.04. The van der Waals surface area contributed by atoms with Crippen LogP contribution in [0.25, 0.3) is 0 Å². The minimum atomic E-state index is -0.289. The second-order valence-electron chi connectivity index (χ2n) is 8.82. The van der Waals surface area contributed by atoms with Gasteiger partial charge in [-0.1, -0.05) is 55.3 Å². The summed E-state index contributed by atoms with van der Waals surface area (Å²) in [6.07, 6.45) is 3.44. The highest BCUT2D eigenvalue weighted by atomic mass is 16.5. The summed E-state index contributed by atoms with van der Waals surface area (Å²) in [7, 11) is 0. The minimum absolute atomic E-state index is 0.0850. The molecule has 3 aromatic rings. The largest absolute Gasteiger partial charge is 0.455 e. The van der Waals surface area contributed by atoms with E-state index in [9.17, 15) is 14.4 Å². The van der Waals surface area contributed by atoms with Gasteiger partial charge in [0.2, 0.25) is 5.91 Å². The molecule has 34 heavy (non-hydrogen) atoms. The van der Waals surface area contributed by atoms with Gasteiger partial charge in [0.05, 0.1) is 16.8 Å². The fourth-order valence-electron chi connectivity index (χ4n) is 4.91. The molecular formula is C28H26N2O4. The Morgan fingerprint density at radius 2 is 1.44 bits per heavy atom. The van der Waals surface area contributed by atoms with E-state index in [1.165, 1.54) is 4.90 Å². The highest BCUT2D eigenvalue weighted by Gasteiger charge is 2.40. The lowest BCUT2D eigenvalue weighted by molar-refractivity contribution is -0.122. The Hall–Kier alpha value is -3.93. The second-order valence-corrected chi connectivity index (χ2v) is 8.82. The maximum absolute atomic E-state index is 13.4. The number of carbonyl (C=O) groups is 3. The second kappa shape index (κ2) is 9.51. The Bertz CT molecular complexity index is 1190. The molecule has 1 saturated carbocycles. The van der Waals surface area contributed by atoms with Gasteiger partial charge in [-0.25, -0.2) is 0 Å². The summed E-state index contributed by atoms with van der Waals surface area (Å²) < 4.78 is 5.98. The number of fused-ring (bicyclic) bond motifs is 1. The third-order valence-corrected chi connectivity index (χ3v) is 6.66. The first-order valence-electron chi connectivity index (χ1n) is 11.7. The van der Waals surface area contributed by atoms with Crippen molar-refractivity contribution in [1.29, 1.82) is 0 Å². The Labute approximate surface area is 198 Å². The van der Waals surface area contributed by atoms with Crippen LogP contribution in [0.5, 0.6) is 11.5 Å². The maximum Gasteiger partial charge on any atom is 0.261 e. The smallest absolute Gasteiger partial charge is 0.261 e. The van der Waals surface area contributed by atoms with Crippen molar-refractivity contribution in [2.24, 2.45) is 11.8 Å². The first-order chi connectivity index (χ1) is 16.6. The van der Waals surface area contributed by atoms with Crippen LogP contribution in [0.15, 0.2) is 78.9 Å². The number of rotatable bonds is 6. The molecule has 1 aliphatic carbocycles. The molecular weight excluding hydrogens is 428 g/mol. The SMILES string of the molecule is O=C(Nc1ccccc1Oc1ccccc1)C1CCCCC1CN1C(=O)c2ccccc2C1=O. The van der Waals surface area contributed by atoms with Crippen LogP contribution >= 0.6 is 0 Å². The van der Waals surface area contributed by atoms with Crippen LogP contribution in [0.4, 0.5) is 5.69 Å². The van der Waals surface area contributed by atoms with Crippen molar-refractivity contribution >= 4 is 23.4 Å². The fraction of sp³-hybridized carbons (Fsp3) is 0.250. The normalized spacial score (nSPS) is 19.6. The summed E-state index contributed by atoms with van der Waals surface area (Å²) in [5.41, 5.74) is 1.48. The van der Waals surface area contributed by atoms with Crippen LogP contribution in [0.3, 0.4) is 0 Å². The van der Waals surface area contributed by atoms with Crippen molar-refractivity contribution < 1.29 is 19.1 Å². The zero-order valence-corrected chi connectivity index (χ0v) is 18.8. The van der Waals surface area contributed by atoms with Crippen LogP contribution in [0.2, 0.25) is 0 Å². The van der Waals surface area contributed by atoms with Crippen LogP contribution in [-0.2, 0) is 4.79 Å². The summed E-state index contributed by atoms with van der Waals surface area (Å²) >= 11 is 0. The molecule has 1 N–H and O–H groups in total. The molecule has 0 spiro atoms. The number of ether oxygens (including phenoxy) is 1. The van der Waals surface area contributed by atoms with Gasteiger partial charge < -0.3 is 10.1 Å². The van der Waals surface area contributed by atoms with E-state index in [0.29, 0.717) is 28.3 Å². The number of hydrogen-bond acceptors (Lipinski definition) is 4. The third kappa shape index (κ3) is 4.31. The standard InChI is InChI=1S/C28H26N2O4/c31-26(29-24-16-8-9-17-25(24)34-20-11-2-1-3-12-20)21-13-5-4-10-19(21)18-30-27(32)22-14-6-7-15-23(22)28(30)33/h1-3,6-9,11-12,14-17,19,21H,4-5,10,13,18H2,(H,29,31). The van der Waals surface area contributed by atoms with Gasteiger partial charge in [-0.3, -0.25) is 19.3 Å². The Morgan fingerprint density at radius 3 is 2.18 bits per heavy atom. The molecule has 3 aromatic carbocycles. The van der Waals surface area contributed by atoms with Crippen molar-refractivity contribution in [2.75, 3.05) is 11.9 Å². The fourth-order valence-corrected chi connectivity index (χ4v) is 4.91. The molecule has 0 radical (unpaired) electrons. The molecule has 0 bridgehead atoms. The predicted molar refractivity (Wildman–Crippen MR) is 129 cm³/mol. The van der Waals surface area contributed by atoms with Crippen molar-refractivity contribution in [3.05, 3.63) is 90.0 Å². The molecule has 2 aliphatic rings. The Balaban J connectivity index is 1.31. The number of imide groups is 1. The van der Waals surface area contributed by atoms with E-state index in [0.717, 1.165) is 25.7 Å². The minimum Gasteiger partial charge on any atom is -0.455 e. The number of benzene rings is 3. The molecule has 6 heteroatoms. The average Bonchev–Trinajstić information content (AvgIpc) is 3.11. The number of nitrogens with zero attached hydrogens (tertiary/aromatic N) is 1. The average molecular weight is 455 g/mol. The zero-order chi connectivity index (χ0) is 23.5. The van der Waals surface area contributed by atoms with Crippen molar-refractivity contribution in [1.82, 2.24) is 4.90 Å². The van der Waals surface area contributed by atoms with Gasteiger partial charge in [0.1, 0.15) is 5.75 Å². The molecule has 0 saturated heterocycles. The monoisotopic (exact) mass is 454 g/mol. The predicted octanol–water partition coefficient (Wildman–Crippen LogP) is 5.52. The van der Waals surface area contributed by atoms with E-state index in [1.54, 1.807) is 24.3 Å². The topological polar surface area (TPSA) is 75.7 Å². The summed E-state index contributed by atoms with van der Waals surface area (Å²) in [6, 6.07) is 23.7. The molecule has 5 rings (SSSR count). The number of anilines is 1. The van der Waals surface area contributed by atoms with Gasteiger partial charge >= 0.3 is 0 Å². The molecule has 172 valence electrons. The lowest BCUT2D eigenvalue weighted by Crippen LogP contribution is -2.41. The van der Waals surface area contributed by atoms with Crippen molar-refractivity contribution in [3.63, 3.8) is 0 Å². The van der Waals surface area contributed by atoms with Gasteiger partial charge in [0, 0.05) is 12.5 Å². The first kappa shape index (κ1) is 21.9. The summed E-state index contributed by atoms with van der Waals surface area (Å²) in [6.45, 7) is 0.257. The molecule has 2 atom stereocenters. The van der Waals surface area contributed by atoms with E-state index in [1.807, 2.05) is 54.6 Å². The molecule has 1 heterocycles. The quantitative estimate of drug-likeness (QED) is 0.498. The van der Waals surface area contributed by atoms with E-state index in [-0.39, 0.29) is 36.1 Å². The number of amides is 3. The van der Waals surface area contributed by atoms with E-state index >= 15 is 0 Å². The van der Waals surface area contributed by atoms with Gasteiger partial charge in [0.25, 0.3) is 11.8 Å². The maximum atomic E-state index is 13.4. The van der Waals surface area contributed by atoms with E-state index in [2.05, 4.69) is 5.32 Å². The van der Waals surface area contributed by atoms with Gasteiger partial charge in [-0.05, 0) is 55.2 Å². The molecule has 2 unspecified atom stereocenters. The lowest BCUT2D eigenvalue weighted by Gasteiger charge is -2.33. The first-order valence-corrected chi connectivity index (χ1v) is 11.7. The van der Waals surface area contributed by atoms with Gasteiger partial charge in [-0.15, -0.1) is 0 Å². The Morgan fingerprint density at radius 1 is 0.824 bits per heavy atom. The Kier molecular flexibility index (Phi) is 6.12. The van der Waals surface area contributed by atoms with Crippen LogP contribution in [0.1, 0.15) is 46.4 Å². The zero-order valence-electron chi connectivity index (χ0n) is 18.8. The van der Waals surface area contributed by atoms with E-state index in [4.69, 9.17) is 4.74 Å². The van der Waals surface area contributed by atoms with Crippen molar-refractivity contribution in [3.8, 4) is 11.5 Å². The highest BCUT2D eigenvalue weighted by Crippen LogP contribution is 2.35. The number of carbonyl (C=O) groups excluding carboxylic acids is 3. The van der Waals surface area contributed by atoms with Gasteiger partial charge in [0.15, 0.2) is 5.75 Å². The van der Waals surface area contributed by atoms with Crippen LogP contribution in [-0.4, -0.2) is 29.2 Å². The number of para-hydroxylation sites is 3. The molecule has 3 amide bonds. The van der Waals surface area contributed by atoms with Gasteiger partial charge in [-0.2, -0.15) is 0 Å². The lowest BCUT2D eigenvalue weighted by atomic mass is 9.78. The summed E-state index contributed by atoms with van der Waals surface area (Å²) in [5.74, 6) is 0.227. The third-order valence-electron chi connectivity index (χ3n) is 6.66. The van der Waals surface area contributed by atoms with Crippen LogP contribution < -0.4 is 10.1 Å². The van der Waals surface area contributed by atoms with Crippen molar-refractivity contribution in [2.45, 2.75) is 25.7 Å². The number of nitrogens with one attached hydrogen (secondary N) is 1.